The van der Waals surface area contributed by atoms with E-state index >= 15 is 0 Å². The number of nitrogens with zero attached hydrogens (tertiary/aromatic N) is 3. The number of ether oxygens (including phenoxy) is 1. The van der Waals surface area contributed by atoms with Crippen LogP contribution in [0.1, 0.15) is 102 Å². The number of hydrogen-bond donors (Lipinski definition) is 2. The van der Waals surface area contributed by atoms with Crippen molar-refractivity contribution in [3.05, 3.63) is 120 Å². The van der Waals surface area contributed by atoms with Crippen molar-refractivity contribution in [3.8, 4) is 0 Å². The van der Waals surface area contributed by atoms with Gasteiger partial charge in [0.05, 0.1) is 5.69 Å². The van der Waals surface area contributed by atoms with Crippen molar-refractivity contribution in [3.63, 3.8) is 0 Å². The van der Waals surface area contributed by atoms with E-state index in [1.165, 1.54) is 37.1 Å². The number of unbranched alkanes of at least 4 members (excludes halogenated alkanes) is 1. The van der Waals surface area contributed by atoms with E-state index in [1.54, 1.807) is 12.1 Å². The third kappa shape index (κ3) is 11.7. The monoisotopic (exact) mass is 701 g/mol. The van der Waals surface area contributed by atoms with Gasteiger partial charge in [-0.2, -0.15) is 0 Å². The third-order valence-corrected chi connectivity index (χ3v) is 8.72. The van der Waals surface area contributed by atoms with E-state index in [2.05, 4.69) is 52.7 Å². The number of rotatable bonds is 15. The van der Waals surface area contributed by atoms with Gasteiger partial charge in [-0.05, 0) is 23.6 Å². The third-order valence-electron chi connectivity index (χ3n) is 8.25. The summed E-state index contributed by atoms with van der Waals surface area (Å²) < 4.78 is 20.5. The molecule has 9 heteroatoms. The fourth-order valence-corrected chi connectivity index (χ4v) is 5.60. The van der Waals surface area contributed by atoms with Crippen LogP contribution in [0.3, 0.4) is 0 Å². The van der Waals surface area contributed by atoms with Crippen LogP contribution in [0, 0.1) is 18.7 Å². The summed E-state index contributed by atoms with van der Waals surface area (Å²) in [6.07, 6.45) is 13.9. The van der Waals surface area contributed by atoms with Crippen LogP contribution >= 0.6 is 0 Å². The van der Waals surface area contributed by atoms with E-state index in [-0.39, 0.29) is 17.5 Å². The first-order chi connectivity index (χ1) is 23.6. The predicted molar refractivity (Wildman–Crippen MR) is 197 cm³/mol. The first-order valence-electron chi connectivity index (χ1n) is 17.0. The number of carbonyl (C=O) groups is 1. The van der Waals surface area contributed by atoms with Crippen LogP contribution in [-0.2, 0) is 32.9 Å². The Morgan fingerprint density at radius 2 is 1.78 bits per heavy atom. The second-order valence-corrected chi connectivity index (χ2v) is 12.5. The first-order valence-corrected chi connectivity index (χ1v) is 17.7. The van der Waals surface area contributed by atoms with Gasteiger partial charge in [-0.15, -0.1) is 0 Å². The Balaban J connectivity index is 0.000000271. The summed E-state index contributed by atoms with van der Waals surface area (Å²) in [6, 6.07) is 14.3. The van der Waals surface area contributed by atoms with Gasteiger partial charge in [0.15, 0.2) is 0 Å². The Hall–Kier alpha value is -4.27. The van der Waals surface area contributed by atoms with Crippen molar-refractivity contribution in [2.24, 2.45) is 16.6 Å². The van der Waals surface area contributed by atoms with Crippen molar-refractivity contribution in [2.45, 2.75) is 85.5 Å². The van der Waals surface area contributed by atoms with Crippen molar-refractivity contribution >= 4 is 32.9 Å². The SMILES string of the molecule is C=C(c1ccccc1)c1cccc(F)c1NC(=O)CCCC.[CH2-]/C=C(\N)O[C](=[V])/C(N=C(CCC)C1CCC1)=C(/C)c1cnc(CC)nc1. The van der Waals surface area contributed by atoms with E-state index in [0.29, 0.717) is 27.9 Å². The number of halogens is 1. The van der Waals surface area contributed by atoms with Crippen LogP contribution in [0.25, 0.3) is 11.1 Å². The number of benzene rings is 2. The molecule has 2 aromatic carbocycles. The van der Waals surface area contributed by atoms with Crippen LogP contribution < -0.4 is 11.1 Å². The quantitative estimate of drug-likeness (QED) is 0.0935. The number of allylic oxidation sites excluding steroid dienone is 2. The predicted octanol–water partition coefficient (Wildman–Crippen LogP) is 9.15. The number of nitrogens with two attached hydrogens (primary N) is 1. The van der Waals surface area contributed by atoms with Gasteiger partial charge in [-0.25, -0.2) is 4.39 Å². The number of amides is 1. The fraction of sp³-hybridized carbons (Fsp3) is 0.350. The molecule has 0 aliphatic heterocycles. The molecule has 7 nitrogen and oxygen atoms in total. The zero-order valence-electron chi connectivity index (χ0n) is 29.3. The molecule has 1 saturated carbocycles. The Kier molecular flexibility index (Phi) is 16.2. The van der Waals surface area contributed by atoms with Crippen LogP contribution in [0.2, 0.25) is 0 Å². The second kappa shape index (κ2) is 20.3. The minimum atomic E-state index is -0.445. The molecule has 0 bridgehead atoms. The molecular weight excluding hydrogens is 652 g/mol. The molecule has 0 spiro atoms. The summed E-state index contributed by atoms with van der Waals surface area (Å²) in [5.41, 5.74) is 12.1. The molecule has 1 fully saturated rings. The number of carbonyl (C=O) groups excluding carboxylic acids is 1. The van der Waals surface area contributed by atoms with E-state index in [9.17, 15) is 9.18 Å². The van der Waals surface area contributed by atoms with Gasteiger partial charge in [0.25, 0.3) is 0 Å². The Morgan fingerprint density at radius 3 is 2.35 bits per heavy atom. The Labute approximate surface area is 300 Å². The van der Waals surface area contributed by atoms with Gasteiger partial charge in [0.2, 0.25) is 5.91 Å². The number of anilines is 1. The van der Waals surface area contributed by atoms with Gasteiger partial charge in [-0.1, -0.05) is 62.4 Å². The maximum absolute atomic E-state index is 14.2. The second-order valence-electron chi connectivity index (χ2n) is 11.9. The van der Waals surface area contributed by atoms with Crippen molar-refractivity contribution in [1.29, 1.82) is 0 Å². The topological polar surface area (TPSA) is 102 Å². The summed E-state index contributed by atoms with van der Waals surface area (Å²) in [5.74, 6) is 1.04. The minimum absolute atomic E-state index is 0.172. The standard InChI is InChI=1S/C21H29N4O.C19H20FNO.V/c1-5-9-18(16-10-8-11-16)25-19(14-26-20(22)6-2)15(4)17-12-23-21(7-3)24-13-17;1-3-4-13-18(22)21-19-16(11-8-12-17(19)20)14(2)15-9-6-5-7-10-15;/h6,12-13,16H,2,5,7-11,22H2,1,3-4H3;5-12H,2-4,13H2,1H3,(H,21,22);/q-1;;/b19-15+,20-6+,25-18?;;. The average Bonchev–Trinajstić information content (AvgIpc) is 3.09. The van der Waals surface area contributed by atoms with E-state index in [4.69, 9.17) is 15.5 Å². The summed E-state index contributed by atoms with van der Waals surface area (Å²) in [5, 5.41) is 2.69. The fourth-order valence-electron chi connectivity index (χ4n) is 5.09. The molecule has 3 aromatic rings. The zero-order valence-corrected chi connectivity index (χ0v) is 30.7. The van der Waals surface area contributed by atoms with Crippen molar-refractivity contribution < 1.29 is 30.9 Å². The number of aromatic nitrogens is 2. The molecule has 4 rings (SSSR count). The molecule has 0 saturated heterocycles. The normalized spacial score (nSPS) is 13.7. The summed E-state index contributed by atoms with van der Waals surface area (Å²) in [6.45, 7) is 16.0. The molecule has 3 N–H and O–H groups in total. The van der Waals surface area contributed by atoms with E-state index in [1.807, 2.05) is 63.5 Å². The molecule has 0 unspecified atom stereocenters. The van der Waals surface area contributed by atoms with Crippen LogP contribution in [0.15, 0.2) is 90.2 Å². The van der Waals surface area contributed by atoms with E-state index in [0.717, 1.165) is 60.3 Å². The van der Waals surface area contributed by atoms with Gasteiger partial charge >= 0.3 is 172 Å². The van der Waals surface area contributed by atoms with Crippen molar-refractivity contribution in [2.75, 3.05) is 5.32 Å². The number of aliphatic imine (C=N–C) groups is 1. The molecule has 1 aliphatic rings. The molecule has 1 heterocycles. The molecule has 1 aromatic heterocycles. The van der Waals surface area contributed by atoms with E-state index < -0.39 is 5.82 Å². The summed E-state index contributed by atoms with van der Waals surface area (Å²) in [7, 11) is 0. The van der Waals surface area contributed by atoms with Gasteiger partial charge in [0, 0.05) is 12.0 Å². The molecular formula is C40H49FN5O2V-. The molecule has 259 valence electrons. The Morgan fingerprint density at radius 1 is 1.08 bits per heavy atom. The van der Waals surface area contributed by atoms with Gasteiger partial charge in [0.1, 0.15) is 5.82 Å². The molecule has 49 heavy (non-hydrogen) atoms. The molecule has 0 atom stereocenters. The number of hydrogen-bond acceptors (Lipinski definition) is 6. The van der Waals surface area contributed by atoms with Crippen LogP contribution in [0.4, 0.5) is 10.1 Å². The van der Waals surface area contributed by atoms with Crippen LogP contribution in [-0.4, -0.2) is 26.0 Å². The summed E-state index contributed by atoms with van der Waals surface area (Å²) >= 11 is 2.44. The van der Waals surface area contributed by atoms with Crippen LogP contribution in [0.5, 0.6) is 0 Å². The molecule has 1 amide bonds. The maximum atomic E-state index is 14.2. The average molecular weight is 702 g/mol. The van der Waals surface area contributed by atoms with Gasteiger partial charge in [-0.3, -0.25) is 4.79 Å². The van der Waals surface area contributed by atoms with Gasteiger partial charge < -0.3 is 5.32 Å². The number of nitrogens with one attached hydrogen (secondary N) is 1. The Bertz CT molecular complexity index is 1660. The molecule has 0 radical (unpaired) electrons. The zero-order chi connectivity index (χ0) is 35.8. The summed E-state index contributed by atoms with van der Waals surface area (Å²) in [4.78, 5) is 25.8. The number of aryl methyl sites for hydroxylation is 1. The van der Waals surface area contributed by atoms with Crippen molar-refractivity contribution in [1.82, 2.24) is 9.97 Å². The first kappa shape index (κ1) is 39.2. The number of para-hydroxylation sites is 1. The molecule has 1 aliphatic carbocycles.